The van der Waals surface area contributed by atoms with E-state index in [9.17, 15) is 34.5 Å². The lowest BCUT2D eigenvalue weighted by Gasteiger charge is -2.13. The molecule has 6 aromatic rings. The largest absolute Gasteiger partial charge is 0.496 e. The normalized spacial score (nSPS) is 10.7. The van der Waals surface area contributed by atoms with Gasteiger partial charge in [0.05, 0.1) is 62.9 Å². The molecule has 0 saturated heterocycles. The summed E-state index contributed by atoms with van der Waals surface area (Å²) in [5.41, 5.74) is 2.69. The van der Waals surface area contributed by atoms with Crippen molar-refractivity contribution in [3.63, 3.8) is 0 Å². The fourth-order valence-electron chi connectivity index (χ4n) is 6.01. The molecule has 0 unspecified atom stereocenters. The number of hydrogen-bond donors (Lipinski definition) is 3. The zero-order chi connectivity index (χ0) is 43.6. The van der Waals surface area contributed by atoms with Gasteiger partial charge in [-0.1, -0.05) is 23.7 Å². The van der Waals surface area contributed by atoms with Crippen LogP contribution in [-0.2, 0) is 19.8 Å². The van der Waals surface area contributed by atoms with Gasteiger partial charge in [-0.15, -0.1) is 0 Å². The van der Waals surface area contributed by atoms with Crippen molar-refractivity contribution in [2.45, 2.75) is 19.8 Å². The van der Waals surface area contributed by atoms with Crippen molar-refractivity contribution >= 4 is 35.5 Å². The summed E-state index contributed by atoms with van der Waals surface area (Å²) in [5, 5.41) is 29.1. The van der Waals surface area contributed by atoms with E-state index in [1.807, 2.05) is 0 Å². The molecule has 0 aliphatic heterocycles. The third-order valence-corrected chi connectivity index (χ3v) is 9.52. The van der Waals surface area contributed by atoms with Crippen LogP contribution in [0.1, 0.15) is 58.1 Å². The average Bonchev–Trinajstić information content (AvgIpc) is 3.28. The van der Waals surface area contributed by atoms with Crippen LogP contribution in [0.2, 0.25) is 5.02 Å². The molecular formula is C46H37ClO14. The van der Waals surface area contributed by atoms with Gasteiger partial charge in [-0.2, -0.15) is 0 Å². The van der Waals surface area contributed by atoms with E-state index in [1.165, 1.54) is 100 Å². The molecule has 61 heavy (non-hydrogen) atoms. The summed E-state index contributed by atoms with van der Waals surface area (Å²) in [7, 11) is 4.31. The molecule has 0 aliphatic rings. The van der Waals surface area contributed by atoms with E-state index in [2.05, 4.69) is 0 Å². The molecular weight excluding hydrogens is 812 g/mol. The van der Waals surface area contributed by atoms with Crippen molar-refractivity contribution in [3.05, 3.63) is 159 Å². The molecule has 0 aliphatic carbocycles. The Labute approximate surface area is 353 Å². The molecule has 0 saturated carbocycles. The zero-order valence-electron chi connectivity index (χ0n) is 32.8. The highest BCUT2D eigenvalue weighted by molar-refractivity contribution is 6.33. The van der Waals surface area contributed by atoms with Gasteiger partial charge in [0.2, 0.25) is 0 Å². The first kappa shape index (κ1) is 43.4. The second-order valence-electron chi connectivity index (χ2n) is 12.9. The molecule has 6 aromatic carbocycles. The molecule has 312 valence electrons. The van der Waals surface area contributed by atoms with Crippen molar-refractivity contribution in [1.29, 1.82) is 0 Å². The highest BCUT2D eigenvalue weighted by Gasteiger charge is 2.21. The molecule has 0 radical (unpaired) electrons. The number of aliphatic hydroxyl groups is 3. The van der Waals surface area contributed by atoms with Gasteiger partial charge in [0.1, 0.15) is 34.3 Å². The fraction of sp³-hybridized carbons (Fsp3) is 0.130. The number of ether oxygens (including phenoxy) is 7. The number of hydrogen-bond acceptors (Lipinski definition) is 14. The summed E-state index contributed by atoms with van der Waals surface area (Å²) in [6, 6.07) is 28.5. The monoisotopic (exact) mass is 848 g/mol. The molecule has 14 nitrogen and oxygen atoms in total. The van der Waals surface area contributed by atoms with Gasteiger partial charge in [0, 0.05) is 23.8 Å². The molecule has 0 fully saturated rings. The topological polar surface area (TPSA) is 194 Å². The first-order chi connectivity index (χ1) is 29.5. The molecule has 0 spiro atoms. The lowest BCUT2D eigenvalue weighted by Crippen LogP contribution is -2.14. The summed E-state index contributed by atoms with van der Waals surface area (Å²) < 4.78 is 37.8. The molecule has 0 atom stereocenters. The maximum atomic E-state index is 12.9. The number of rotatable bonds is 15. The van der Waals surface area contributed by atoms with Crippen LogP contribution in [0, 0.1) is 0 Å². The van der Waals surface area contributed by atoms with Gasteiger partial charge in [-0.25, -0.2) is 19.2 Å². The Morgan fingerprint density at radius 3 is 1.36 bits per heavy atom. The molecule has 0 bridgehead atoms. The average molecular weight is 849 g/mol. The van der Waals surface area contributed by atoms with Crippen LogP contribution >= 0.6 is 11.6 Å². The number of benzene rings is 6. The second kappa shape index (κ2) is 19.7. The molecule has 15 heteroatoms. The van der Waals surface area contributed by atoms with E-state index in [1.54, 1.807) is 36.4 Å². The quantitative estimate of drug-likeness (QED) is 0.0684. The van der Waals surface area contributed by atoms with E-state index in [0.717, 1.165) is 0 Å². The van der Waals surface area contributed by atoms with Crippen LogP contribution in [0.5, 0.6) is 40.2 Å². The van der Waals surface area contributed by atoms with Crippen LogP contribution in [0.15, 0.2) is 115 Å². The Morgan fingerprint density at radius 1 is 0.443 bits per heavy atom. The summed E-state index contributed by atoms with van der Waals surface area (Å²) in [6.07, 6.45) is 0. The molecule has 6 rings (SSSR count). The van der Waals surface area contributed by atoms with Gasteiger partial charge in [0.25, 0.3) is 0 Å². The molecule has 3 N–H and O–H groups in total. The number of esters is 4. The fourth-order valence-corrected chi connectivity index (χ4v) is 6.29. The maximum Gasteiger partial charge on any atom is 0.347 e. The third-order valence-electron chi connectivity index (χ3n) is 9.21. The Kier molecular flexibility index (Phi) is 14.0. The Bertz CT molecular complexity index is 2570. The Balaban J connectivity index is 1.03. The number of carbonyl (C=O) groups is 4. The highest BCUT2D eigenvalue weighted by atomic mass is 35.5. The molecule has 0 aromatic heterocycles. The smallest absolute Gasteiger partial charge is 0.347 e. The van der Waals surface area contributed by atoms with Gasteiger partial charge in [-0.05, 0) is 107 Å². The number of aliphatic hydroxyl groups excluding tert-OH is 3. The summed E-state index contributed by atoms with van der Waals surface area (Å²) in [6.45, 7) is -1.30. The summed E-state index contributed by atoms with van der Waals surface area (Å²) >= 11 is 6.58. The number of carbonyl (C=O) groups excluding carboxylic acids is 4. The van der Waals surface area contributed by atoms with Crippen molar-refractivity contribution in [2.75, 3.05) is 21.3 Å². The van der Waals surface area contributed by atoms with E-state index in [-0.39, 0.29) is 68.2 Å². The van der Waals surface area contributed by atoms with Crippen molar-refractivity contribution in [2.24, 2.45) is 0 Å². The second-order valence-corrected chi connectivity index (χ2v) is 13.3. The third kappa shape index (κ3) is 10.1. The standard InChI is InChI=1S/C46H37ClO14/c1-55-40-22-42(57-3)41(56-2)21-38(40)46(54)60-34-14-6-27(7-15-34)43(51)58-32-10-4-26(5-11-32)36-17-16-35(20-39(36)47)61-44(52)28-8-12-33(13-9-28)59-45(53)37-19-30(24-49)29(23-48)18-31(37)25-50/h4-22,48-50H,23-25H2,1-3H3. The van der Waals surface area contributed by atoms with Gasteiger partial charge in [0.15, 0.2) is 11.5 Å². The van der Waals surface area contributed by atoms with Crippen molar-refractivity contribution < 1.29 is 67.7 Å². The number of methoxy groups -OCH3 is 3. The molecule has 0 amide bonds. The van der Waals surface area contributed by atoms with Crippen molar-refractivity contribution in [1.82, 2.24) is 0 Å². The Morgan fingerprint density at radius 2 is 0.869 bits per heavy atom. The minimum atomic E-state index is -0.802. The van der Waals surface area contributed by atoms with Crippen LogP contribution in [0.25, 0.3) is 11.1 Å². The summed E-state index contributed by atoms with van der Waals surface area (Å²) in [5.74, 6) is -1.23. The lowest BCUT2D eigenvalue weighted by molar-refractivity contribution is 0.0717. The van der Waals surface area contributed by atoms with Crippen LogP contribution in [0.4, 0.5) is 0 Å². The van der Waals surface area contributed by atoms with Gasteiger partial charge >= 0.3 is 23.9 Å². The van der Waals surface area contributed by atoms with Gasteiger partial charge in [-0.3, -0.25) is 0 Å². The van der Waals surface area contributed by atoms with Gasteiger partial charge < -0.3 is 48.5 Å². The lowest BCUT2D eigenvalue weighted by atomic mass is 9.99. The van der Waals surface area contributed by atoms with Crippen LogP contribution in [0.3, 0.4) is 0 Å². The van der Waals surface area contributed by atoms with E-state index >= 15 is 0 Å². The van der Waals surface area contributed by atoms with E-state index < -0.39 is 37.1 Å². The Hall–Kier alpha value is -7.23. The first-order valence-corrected chi connectivity index (χ1v) is 18.6. The maximum absolute atomic E-state index is 12.9. The minimum Gasteiger partial charge on any atom is -0.496 e. The summed E-state index contributed by atoms with van der Waals surface area (Å²) in [4.78, 5) is 51.7. The molecule has 0 heterocycles. The highest BCUT2D eigenvalue weighted by Crippen LogP contribution is 2.36. The van der Waals surface area contributed by atoms with Crippen LogP contribution in [-0.4, -0.2) is 60.5 Å². The number of halogens is 1. The SMILES string of the molecule is COc1cc(OC)c(C(=O)Oc2ccc(C(=O)Oc3ccc(-c4ccc(OC(=O)c5ccc(OC(=O)c6cc(CO)c(CO)cc6CO)cc5)cc4Cl)cc3)cc2)cc1OC. The first-order valence-electron chi connectivity index (χ1n) is 18.2. The van der Waals surface area contributed by atoms with E-state index in [0.29, 0.717) is 33.8 Å². The minimum absolute atomic E-state index is 0.0180. The van der Waals surface area contributed by atoms with Crippen molar-refractivity contribution in [3.8, 4) is 51.4 Å². The van der Waals surface area contributed by atoms with Crippen LogP contribution < -0.4 is 33.2 Å². The van der Waals surface area contributed by atoms with E-state index in [4.69, 9.17) is 44.8 Å². The predicted octanol–water partition coefficient (Wildman–Crippen LogP) is 7.39. The zero-order valence-corrected chi connectivity index (χ0v) is 33.6. The predicted molar refractivity (Wildman–Crippen MR) is 220 cm³/mol.